The van der Waals surface area contributed by atoms with Crippen LogP contribution in [0.15, 0.2) is 53.0 Å². The number of anilines is 1. The molecule has 0 atom stereocenters. The summed E-state index contributed by atoms with van der Waals surface area (Å²) in [4.78, 5) is 13.9. The van der Waals surface area contributed by atoms with E-state index in [0.29, 0.717) is 6.42 Å². The normalized spacial score (nSPS) is 10.3. The average Bonchev–Trinajstić information content (AvgIpc) is 2.39. The maximum absolute atomic E-state index is 12.3. The van der Waals surface area contributed by atoms with E-state index in [2.05, 4.69) is 15.9 Å². The van der Waals surface area contributed by atoms with E-state index < -0.39 is 0 Å². The Labute approximate surface area is 122 Å². The molecule has 0 spiro atoms. The molecule has 2 aromatic carbocycles. The number of rotatable bonds is 3. The van der Waals surface area contributed by atoms with Crippen molar-refractivity contribution in [1.82, 2.24) is 0 Å². The van der Waals surface area contributed by atoms with Crippen molar-refractivity contribution in [2.45, 2.75) is 13.3 Å². The molecule has 0 aliphatic carbocycles. The first-order chi connectivity index (χ1) is 9.08. The number of hydrogen-bond donors (Lipinski definition) is 0. The Morgan fingerprint density at radius 1 is 1.16 bits per heavy atom. The number of likely N-dealkylation sites (N-methyl/N-ethyl adjacent to an activating group) is 1. The second-order valence-corrected chi connectivity index (χ2v) is 5.42. The first-order valence-electron chi connectivity index (χ1n) is 6.14. The van der Waals surface area contributed by atoms with Crippen LogP contribution in [0.2, 0.25) is 0 Å². The molecule has 0 fully saturated rings. The Bertz CT molecular complexity index is 581. The fraction of sp³-hybridized carbons (Fsp3) is 0.188. The summed E-state index contributed by atoms with van der Waals surface area (Å²) in [5, 5.41) is 0. The highest BCUT2D eigenvalue weighted by Crippen LogP contribution is 2.26. The van der Waals surface area contributed by atoms with Gasteiger partial charge in [-0.2, -0.15) is 0 Å². The van der Waals surface area contributed by atoms with Crippen LogP contribution in [0, 0.1) is 6.92 Å². The summed E-state index contributed by atoms with van der Waals surface area (Å²) in [6.45, 7) is 2.03. The molecule has 2 rings (SSSR count). The summed E-state index contributed by atoms with van der Waals surface area (Å²) in [5.74, 6) is 0.0794. The highest BCUT2D eigenvalue weighted by atomic mass is 79.9. The van der Waals surface area contributed by atoms with Crippen molar-refractivity contribution in [3.63, 3.8) is 0 Å². The minimum Gasteiger partial charge on any atom is -0.314 e. The van der Waals surface area contributed by atoms with Crippen LogP contribution >= 0.6 is 15.9 Å². The third-order valence-electron chi connectivity index (χ3n) is 3.04. The van der Waals surface area contributed by atoms with Gasteiger partial charge in [0.25, 0.3) is 0 Å². The maximum Gasteiger partial charge on any atom is 0.231 e. The highest BCUT2D eigenvalue weighted by Gasteiger charge is 2.14. The van der Waals surface area contributed by atoms with Crippen molar-refractivity contribution in [3.05, 3.63) is 64.1 Å². The standard InChI is InChI=1S/C16H16BrNO/c1-12-8-9-15(14(17)10-12)18(2)16(19)11-13-6-4-3-5-7-13/h3-10H,11H2,1-2H3. The van der Waals surface area contributed by atoms with Crippen LogP contribution in [0.25, 0.3) is 0 Å². The van der Waals surface area contributed by atoms with E-state index in [1.807, 2.05) is 55.5 Å². The number of benzene rings is 2. The zero-order valence-electron chi connectivity index (χ0n) is 11.1. The summed E-state index contributed by atoms with van der Waals surface area (Å²) < 4.78 is 0.941. The van der Waals surface area contributed by atoms with Crippen molar-refractivity contribution < 1.29 is 4.79 Å². The lowest BCUT2D eigenvalue weighted by Gasteiger charge is -2.19. The Morgan fingerprint density at radius 2 is 1.84 bits per heavy atom. The lowest BCUT2D eigenvalue weighted by atomic mass is 10.1. The van der Waals surface area contributed by atoms with E-state index in [9.17, 15) is 4.79 Å². The smallest absolute Gasteiger partial charge is 0.231 e. The molecule has 0 aromatic heterocycles. The third kappa shape index (κ3) is 3.44. The lowest BCUT2D eigenvalue weighted by Crippen LogP contribution is -2.28. The van der Waals surface area contributed by atoms with Crippen molar-refractivity contribution in [2.75, 3.05) is 11.9 Å². The van der Waals surface area contributed by atoms with Crippen molar-refractivity contribution in [2.24, 2.45) is 0 Å². The second-order valence-electron chi connectivity index (χ2n) is 4.57. The van der Waals surface area contributed by atoms with E-state index >= 15 is 0 Å². The molecule has 0 heterocycles. The van der Waals surface area contributed by atoms with Crippen molar-refractivity contribution >= 4 is 27.5 Å². The van der Waals surface area contributed by atoms with E-state index in [4.69, 9.17) is 0 Å². The first kappa shape index (κ1) is 13.8. The van der Waals surface area contributed by atoms with Crippen LogP contribution < -0.4 is 4.90 Å². The summed E-state index contributed by atoms with van der Waals surface area (Å²) in [7, 11) is 1.81. The molecule has 3 heteroatoms. The lowest BCUT2D eigenvalue weighted by molar-refractivity contribution is -0.117. The summed E-state index contributed by atoms with van der Waals surface area (Å²) >= 11 is 3.51. The zero-order valence-corrected chi connectivity index (χ0v) is 12.6. The summed E-state index contributed by atoms with van der Waals surface area (Å²) in [5.41, 5.74) is 3.09. The second kappa shape index (κ2) is 6.02. The number of carbonyl (C=O) groups is 1. The number of aryl methyl sites for hydroxylation is 1. The molecule has 19 heavy (non-hydrogen) atoms. The Kier molecular flexibility index (Phi) is 4.38. The fourth-order valence-corrected chi connectivity index (χ4v) is 2.67. The Hall–Kier alpha value is -1.61. The number of nitrogens with zero attached hydrogens (tertiary/aromatic N) is 1. The average molecular weight is 318 g/mol. The number of carbonyl (C=O) groups excluding carboxylic acids is 1. The van der Waals surface area contributed by atoms with E-state index in [1.54, 1.807) is 11.9 Å². The molecule has 0 unspecified atom stereocenters. The van der Waals surface area contributed by atoms with Crippen LogP contribution in [0.3, 0.4) is 0 Å². The molecular formula is C16H16BrNO. The van der Waals surface area contributed by atoms with Gasteiger partial charge in [0.05, 0.1) is 12.1 Å². The monoisotopic (exact) mass is 317 g/mol. The minimum absolute atomic E-state index is 0.0794. The summed E-state index contributed by atoms with van der Waals surface area (Å²) in [6.07, 6.45) is 0.414. The van der Waals surface area contributed by atoms with Crippen LogP contribution in [-0.4, -0.2) is 13.0 Å². The third-order valence-corrected chi connectivity index (χ3v) is 3.67. The van der Waals surface area contributed by atoms with Gasteiger partial charge in [0.1, 0.15) is 0 Å². The van der Waals surface area contributed by atoms with Gasteiger partial charge in [-0.05, 0) is 46.1 Å². The van der Waals surface area contributed by atoms with Gasteiger partial charge in [0.2, 0.25) is 5.91 Å². The molecule has 0 saturated carbocycles. The molecular weight excluding hydrogens is 302 g/mol. The minimum atomic E-state index is 0.0794. The van der Waals surface area contributed by atoms with Gasteiger partial charge < -0.3 is 4.90 Å². The van der Waals surface area contributed by atoms with E-state index in [-0.39, 0.29) is 5.91 Å². The molecule has 0 radical (unpaired) electrons. The molecule has 0 aliphatic heterocycles. The molecule has 0 aliphatic rings. The van der Waals surface area contributed by atoms with E-state index in [1.165, 1.54) is 5.56 Å². The van der Waals surface area contributed by atoms with Crippen LogP contribution in [0.5, 0.6) is 0 Å². The van der Waals surface area contributed by atoms with Gasteiger partial charge >= 0.3 is 0 Å². The predicted octanol–water partition coefficient (Wildman–Crippen LogP) is 3.96. The Morgan fingerprint density at radius 3 is 2.47 bits per heavy atom. The van der Waals surface area contributed by atoms with Gasteiger partial charge in [-0.1, -0.05) is 36.4 Å². The van der Waals surface area contributed by atoms with Gasteiger partial charge in [-0.25, -0.2) is 0 Å². The van der Waals surface area contributed by atoms with E-state index in [0.717, 1.165) is 15.7 Å². The molecule has 0 saturated heterocycles. The van der Waals surface area contributed by atoms with Crippen LogP contribution in [0.1, 0.15) is 11.1 Å². The number of amides is 1. The first-order valence-corrected chi connectivity index (χ1v) is 6.94. The zero-order chi connectivity index (χ0) is 13.8. The van der Waals surface area contributed by atoms with Gasteiger partial charge in [-0.3, -0.25) is 4.79 Å². The molecule has 0 N–H and O–H groups in total. The van der Waals surface area contributed by atoms with Crippen molar-refractivity contribution in [1.29, 1.82) is 0 Å². The van der Waals surface area contributed by atoms with Crippen molar-refractivity contribution in [3.8, 4) is 0 Å². The molecule has 2 nitrogen and oxygen atoms in total. The van der Waals surface area contributed by atoms with Crippen LogP contribution in [0.4, 0.5) is 5.69 Å². The van der Waals surface area contributed by atoms with Crippen LogP contribution in [-0.2, 0) is 11.2 Å². The summed E-state index contributed by atoms with van der Waals surface area (Å²) in [6, 6.07) is 15.8. The highest BCUT2D eigenvalue weighted by molar-refractivity contribution is 9.10. The van der Waals surface area contributed by atoms with Gasteiger partial charge in [0.15, 0.2) is 0 Å². The largest absolute Gasteiger partial charge is 0.314 e. The topological polar surface area (TPSA) is 20.3 Å². The maximum atomic E-state index is 12.3. The molecule has 1 amide bonds. The number of hydrogen-bond acceptors (Lipinski definition) is 1. The molecule has 0 bridgehead atoms. The van der Waals surface area contributed by atoms with Gasteiger partial charge in [-0.15, -0.1) is 0 Å². The number of halogens is 1. The predicted molar refractivity (Wildman–Crippen MR) is 82.4 cm³/mol. The molecule has 2 aromatic rings. The SMILES string of the molecule is Cc1ccc(N(C)C(=O)Cc2ccccc2)c(Br)c1. The fourth-order valence-electron chi connectivity index (χ4n) is 1.91. The van der Waals surface area contributed by atoms with Gasteiger partial charge in [0, 0.05) is 11.5 Å². The Balaban J connectivity index is 2.15. The quantitative estimate of drug-likeness (QED) is 0.839. The molecule has 98 valence electrons.